The summed E-state index contributed by atoms with van der Waals surface area (Å²) < 4.78 is 0. The maximum atomic E-state index is 9.76. The Morgan fingerprint density at radius 1 is 1.47 bits per heavy atom. The number of H-pyrrole nitrogens is 1. The molecule has 0 aliphatic heterocycles. The maximum Gasteiger partial charge on any atom is 0.153 e. The molecule has 6 heteroatoms. The van der Waals surface area contributed by atoms with Gasteiger partial charge < -0.3 is 10.8 Å². The van der Waals surface area contributed by atoms with Crippen LogP contribution in [-0.4, -0.2) is 25.3 Å². The molecule has 1 atom stereocenters. The highest BCUT2D eigenvalue weighted by molar-refractivity contribution is 5.32. The SMILES string of the molecule is Nc1cc(CC(O)c2ncn[nH]2)ccn1. The number of hydrogen-bond acceptors (Lipinski definition) is 5. The molecule has 0 aliphatic carbocycles. The molecule has 2 heterocycles. The molecule has 0 amide bonds. The van der Waals surface area contributed by atoms with Crippen LogP contribution in [0.1, 0.15) is 17.5 Å². The van der Waals surface area contributed by atoms with Gasteiger partial charge in [-0.2, -0.15) is 5.10 Å². The predicted molar refractivity (Wildman–Crippen MR) is 53.7 cm³/mol. The number of aliphatic hydroxyl groups is 1. The van der Waals surface area contributed by atoms with E-state index in [1.807, 2.05) is 0 Å². The summed E-state index contributed by atoms with van der Waals surface area (Å²) in [5, 5.41) is 16.0. The predicted octanol–water partition coefficient (Wildman–Crippen LogP) is 0.0580. The molecule has 78 valence electrons. The Morgan fingerprint density at radius 3 is 3.00 bits per heavy atom. The zero-order chi connectivity index (χ0) is 10.7. The van der Waals surface area contributed by atoms with Crippen molar-refractivity contribution in [3.05, 3.63) is 36.0 Å². The fraction of sp³-hybridized carbons (Fsp3) is 0.222. The first kappa shape index (κ1) is 9.60. The summed E-state index contributed by atoms with van der Waals surface area (Å²) in [7, 11) is 0. The standard InChI is InChI=1S/C9H11N5O/c10-8-4-6(1-2-11-8)3-7(15)9-12-5-13-14-9/h1-2,4-5,7,15H,3H2,(H2,10,11)(H,12,13,14). The Labute approximate surface area is 86.2 Å². The van der Waals surface area contributed by atoms with Gasteiger partial charge in [-0.3, -0.25) is 5.10 Å². The summed E-state index contributed by atoms with van der Waals surface area (Å²) in [5.74, 6) is 0.891. The van der Waals surface area contributed by atoms with Crippen LogP contribution >= 0.6 is 0 Å². The van der Waals surface area contributed by atoms with Crippen LogP contribution in [0.25, 0.3) is 0 Å². The van der Waals surface area contributed by atoms with Gasteiger partial charge in [0.2, 0.25) is 0 Å². The molecule has 4 N–H and O–H groups in total. The highest BCUT2D eigenvalue weighted by Gasteiger charge is 2.11. The second-order valence-corrected chi connectivity index (χ2v) is 3.18. The molecule has 0 saturated heterocycles. The first-order chi connectivity index (χ1) is 7.25. The van der Waals surface area contributed by atoms with Gasteiger partial charge in [-0.05, 0) is 17.7 Å². The molecule has 0 bridgehead atoms. The molecule has 6 nitrogen and oxygen atoms in total. The van der Waals surface area contributed by atoms with Crippen LogP contribution < -0.4 is 5.73 Å². The highest BCUT2D eigenvalue weighted by Crippen LogP contribution is 2.14. The fourth-order valence-electron chi connectivity index (χ4n) is 1.32. The number of nitrogen functional groups attached to an aromatic ring is 1. The van der Waals surface area contributed by atoms with Crippen molar-refractivity contribution in [2.75, 3.05) is 5.73 Å². The molecule has 2 aromatic heterocycles. The number of nitrogens with zero attached hydrogens (tertiary/aromatic N) is 3. The molecule has 0 radical (unpaired) electrons. The molecule has 15 heavy (non-hydrogen) atoms. The van der Waals surface area contributed by atoms with E-state index in [1.54, 1.807) is 18.3 Å². The van der Waals surface area contributed by atoms with Gasteiger partial charge in [0.15, 0.2) is 5.82 Å². The zero-order valence-corrected chi connectivity index (χ0v) is 7.96. The third-order valence-corrected chi connectivity index (χ3v) is 2.02. The smallest absolute Gasteiger partial charge is 0.153 e. The average Bonchev–Trinajstić information content (AvgIpc) is 2.70. The third-order valence-electron chi connectivity index (χ3n) is 2.02. The Morgan fingerprint density at radius 2 is 2.33 bits per heavy atom. The lowest BCUT2D eigenvalue weighted by Crippen LogP contribution is -2.04. The van der Waals surface area contributed by atoms with Crippen LogP contribution in [0, 0.1) is 0 Å². The normalized spacial score (nSPS) is 12.6. The number of anilines is 1. The summed E-state index contributed by atoms with van der Waals surface area (Å²) in [4.78, 5) is 7.74. The van der Waals surface area contributed by atoms with E-state index in [2.05, 4.69) is 20.2 Å². The van der Waals surface area contributed by atoms with Crippen LogP contribution in [0.5, 0.6) is 0 Å². The molecule has 2 aromatic rings. The molecular weight excluding hydrogens is 194 g/mol. The largest absolute Gasteiger partial charge is 0.385 e. The van der Waals surface area contributed by atoms with E-state index in [1.165, 1.54) is 6.33 Å². The van der Waals surface area contributed by atoms with Gasteiger partial charge in [-0.1, -0.05) is 0 Å². The summed E-state index contributed by atoms with van der Waals surface area (Å²) in [6, 6.07) is 3.52. The summed E-state index contributed by atoms with van der Waals surface area (Å²) >= 11 is 0. The molecule has 0 saturated carbocycles. The molecular formula is C9H11N5O. The van der Waals surface area contributed by atoms with Crippen molar-refractivity contribution < 1.29 is 5.11 Å². The van der Waals surface area contributed by atoms with Crippen molar-refractivity contribution in [2.45, 2.75) is 12.5 Å². The fourth-order valence-corrected chi connectivity index (χ4v) is 1.32. The van der Waals surface area contributed by atoms with E-state index >= 15 is 0 Å². The van der Waals surface area contributed by atoms with Gasteiger partial charge in [-0.25, -0.2) is 9.97 Å². The highest BCUT2D eigenvalue weighted by atomic mass is 16.3. The lowest BCUT2D eigenvalue weighted by Gasteiger charge is -2.07. The summed E-state index contributed by atoms with van der Waals surface area (Å²) in [5.41, 5.74) is 6.43. The molecule has 2 rings (SSSR count). The minimum atomic E-state index is -0.700. The number of nitrogens with two attached hydrogens (primary N) is 1. The monoisotopic (exact) mass is 205 g/mol. The van der Waals surface area contributed by atoms with Crippen LogP contribution in [0.2, 0.25) is 0 Å². The van der Waals surface area contributed by atoms with Gasteiger partial charge in [0, 0.05) is 12.6 Å². The first-order valence-electron chi connectivity index (χ1n) is 4.49. The Balaban J connectivity index is 2.09. The summed E-state index contributed by atoms with van der Waals surface area (Å²) in [6.45, 7) is 0. The lowest BCUT2D eigenvalue weighted by atomic mass is 10.1. The Kier molecular flexibility index (Phi) is 2.59. The van der Waals surface area contributed by atoms with Gasteiger partial charge >= 0.3 is 0 Å². The minimum Gasteiger partial charge on any atom is -0.385 e. The maximum absolute atomic E-state index is 9.76. The van der Waals surface area contributed by atoms with E-state index in [0.717, 1.165) is 5.56 Å². The van der Waals surface area contributed by atoms with Gasteiger partial charge in [0.05, 0.1) is 0 Å². The van der Waals surface area contributed by atoms with E-state index in [9.17, 15) is 5.11 Å². The van der Waals surface area contributed by atoms with Crippen molar-refractivity contribution in [2.24, 2.45) is 0 Å². The van der Waals surface area contributed by atoms with Crippen LogP contribution in [0.4, 0.5) is 5.82 Å². The van der Waals surface area contributed by atoms with E-state index in [4.69, 9.17) is 5.73 Å². The van der Waals surface area contributed by atoms with Crippen molar-refractivity contribution in [1.82, 2.24) is 20.2 Å². The van der Waals surface area contributed by atoms with E-state index in [0.29, 0.717) is 18.1 Å². The first-order valence-corrected chi connectivity index (χ1v) is 4.49. The van der Waals surface area contributed by atoms with Crippen molar-refractivity contribution >= 4 is 5.82 Å². The molecule has 1 unspecified atom stereocenters. The van der Waals surface area contributed by atoms with Crippen molar-refractivity contribution in [3.8, 4) is 0 Å². The summed E-state index contributed by atoms with van der Waals surface area (Å²) in [6.07, 6.45) is 2.70. The number of rotatable bonds is 3. The van der Waals surface area contributed by atoms with Crippen molar-refractivity contribution in [1.29, 1.82) is 0 Å². The van der Waals surface area contributed by atoms with Crippen LogP contribution in [0.3, 0.4) is 0 Å². The molecule has 0 fully saturated rings. The quantitative estimate of drug-likeness (QED) is 0.657. The number of aromatic nitrogens is 4. The van der Waals surface area contributed by atoms with E-state index < -0.39 is 6.10 Å². The average molecular weight is 205 g/mol. The van der Waals surface area contributed by atoms with Gasteiger partial charge in [0.1, 0.15) is 18.2 Å². The molecule has 0 aliphatic rings. The number of hydrogen-bond donors (Lipinski definition) is 3. The minimum absolute atomic E-state index is 0.432. The number of aromatic amines is 1. The van der Waals surface area contributed by atoms with E-state index in [-0.39, 0.29) is 0 Å². The van der Waals surface area contributed by atoms with Crippen molar-refractivity contribution in [3.63, 3.8) is 0 Å². The van der Waals surface area contributed by atoms with Gasteiger partial charge in [0.25, 0.3) is 0 Å². The number of pyridine rings is 1. The molecule has 0 spiro atoms. The second kappa shape index (κ2) is 4.05. The Bertz CT molecular complexity index is 428. The Hall–Kier alpha value is -1.95. The topological polar surface area (TPSA) is 101 Å². The zero-order valence-electron chi connectivity index (χ0n) is 7.96. The third kappa shape index (κ3) is 2.29. The lowest BCUT2D eigenvalue weighted by molar-refractivity contribution is 0.169. The van der Waals surface area contributed by atoms with Crippen LogP contribution in [0.15, 0.2) is 24.7 Å². The number of aliphatic hydroxyl groups excluding tert-OH is 1. The second-order valence-electron chi connectivity index (χ2n) is 3.18. The van der Waals surface area contributed by atoms with Crippen LogP contribution in [-0.2, 0) is 6.42 Å². The van der Waals surface area contributed by atoms with Gasteiger partial charge in [-0.15, -0.1) is 0 Å². The number of nitrogens with one attached hydrogen (secondary N) is 1. The molecule has 0 aromatic carbocycles.